The zero-order valence-corrected chi connectivity index (χ0v) is 10.5. The first kappa shape index (κ1) is 13.2. The second-order valence-electron chi connectivity index (χ2n) is 3.41. The van der Waals surface area contributed by atoms with Crippen LogP contribution in [0.15, 0.2) is 47.5 Å². The molecule has 1 heterocycles. The van der Waals surface area contributed by atoms with Crippen LogP contribution in [0.2, 0.25) is 5.15 Å². The third kappa shape index (κ3) is 3.40. The summed E-state index contributed by atoms with van der Waals surface area (Å²) in [4.78, 5) is 3.95. The molecular weight excluding hydrogens is 283 g/mol. The molecule has 1 aromatic heterocycles. The summed E-state index contributed by atoms with van der Waals surface area (Å²) in [6, 6.07) is 9.48. The molecule has 0 bridgehead atoms. The zero-order valence-electron chi connectivity index (χ0n) is 8.91. The van der Waals surface area contributed by atoms with Crippen LogP contribution in [0.25, 0.3) is 11.1 Å². The number of halogens is 4. The molecule has 0 saturated heterocycles. The number of alkyl halides is 3. The Hall–Kier alpha value is -1.20. The third-order valence-corrected chi connectivity index (χ3v) is 3.16. The first-order valence-corrected chi connectivity index (χ1v) is 6.12. The van der Waals surface area contributed by atoms with E-state index in [1.54, 1.807) is 24.3 Å². The number of benzene rings is 1. The summed E-state index contributed by atoms with van der Waals surface area (Å²) in [5.41, 5.74) is -3.21. The van der Waals surface area contributed by atoms with Gasteiger partial charge in [0.25, 0.3) is 0 Å². The summed E-state index contributed by atoms with van der Waals surface area (Å²) in [5, 5.41) is 0.249. The van der Waals surface area contributed by atoms with E-state index in [2.05, 4.69) is 4.98 Å². The highest BCUT2D eigenvalue weighted by Crippen LogP contribution is 2.41. The van der Waals surface area contributed by atoms with Crippen molar-refractivity contribution in [3.63, 3.8) is 0 Å². The van der Waals surface area contributed by atoms with Crippen LogP contribution in [0.5, 0.6) is 0 Å². The highest BCUT2D eigenvalue weighted by molar-refractivity contribution is 8.00. The summed E-state index contributed by atoms with van der Waals surface area (Å²) in [5.74, 6) is 0. The minimum absolute atomic E-state index is 0.135. The molecule has 2 rings (SSSR count). The van der Waals surface area contributed by atoms with Crippen LogP contribution in [0.4, 0.5) is 13.2 Å². The Bertz CT molecular complexity index is 557. The molecule has 94 valence electrons. The molecule has 0 unspecified atom stereocenters. The summed E-state index contributed by atoms with van der Waals surface area (Å²) < 4.78 is 37.3. The van der Waals surface area contributed by atoms with Gasteiger partial charge in [-0.2, -0.15) is 13.2 Å². The largest absolute Gasteiger partial charge is 0.446 e. The predicted molar refractivity (Wildman–Crippen MR) is 66.6 cm³/mol. The van der Waals surface area contributed by atoms with Gasteiger partial charge in [0.2, 0.25) is 0 Å². The van der Waals surface area contributed by atoms with Gasteiger partial charge in [-0.25, -0.2) is 4.98 Å². The number of pyridine rings is 1. The predicted octanol–water partition coefficient (Wildman–Crippen LogP) is 5.01. The minimum atomic E-state index is -4.31. The van der Waals surface area contributed by atoms with Crippen molar-refractivity contribution in [3.8, 4) is 11.1 Å². The highest BCUT2D eigenvalue weighted by atomic mass is 35.5. The lowest BCUT2D eigenvalue weighted by Gasteiger charge is -2.11. The molecule has 1 aromatic carbocycles. The Labute approximate surface area is 111 Å². The van der Waals surface area contributed by atoms with Crippen molar-refractivity contribution in [3.05, 3.63) is 47.7 Å². The Morgan fingerprint density at radius 3 is 2.50 bits per heavy atom. The van der Waals surface area contributed by atoms with Crippen LogP contribution in [0, 0.1) is 0 Å². The van der Waals surface area contributed by atoms with Crippen LogP contribution in [-0.4, -0.2) is 10.5 Å². The van der Waals surface area contributed by atoms with Crippen molar-refractivity contribution < 1.29 is 13.2 Å². The van der Waals surface area contributed by atoms with Gasteiger partial charge in [0, 0.05) is 11.1 Å². The molecule has 0 fully saturated rings. The minimum Gasteiger partial charge on any atom is -0.245 e. The Morgan fingerprint density at radius 2 is 1.83 bits per heavy atom. The molecule has 0 atom stereocenters. The molecule has 1 nitrogen and oxygen atoms in total. The summed E-state index contributed by atoms with van der Waals surface area (Å²) in [6.07, 6.45) is 1.46. The lowest BCUT2D eigenvalue weighted by Crippen LogP contribution is -1.99. The molecule has 0 aliphatic heterocycles. The van der Waals surface area contributed by atoms with Gasteiger partial charge in [-0.1, -0.05) is 29.8 Å². The second-order valence-corrected chi connectivity index (χ2v) is 4.91. The van der Waals surface area contributed by atoms with Gasteiger partial charge in [0.15, 0.2) is 0 Å². The van der Waals surface area contributed by atoms with Gasteiger partial charge in [-0.3, -0.25) is 0 Å². The van der Waals surface area contributed by atoms with Crippen molar-refractivity contribution in [2.45, 2.75) is 10.4 Å². The fourth-order valence-corrected chi connectivity index (χ4v) is 2.35. The molecule has 0 aliphatic carbocycles. The zero-order chi connectivity index (χ0) is 13.2. The Morgan fingerprint density at radius 1 is 1.11 bits per heavy atom. The van der Waals surface area contributed by atoms with Crippen LogP contribution in [0.3, 0.4) is 0 Å². The molecule has 0 amide bonds. The fourth-order valence-electron chi connectivity index (χ4n) is 1.49. The third-order valence-electron chi connectivity index (χ3n) is 2.15. The van der Waals surface area contributed by atoms with E-state index in [9.17, 15) is 13.2 Å². The highest BCUT2D eigenvalue weighted by Gasteiger charge is 2.30. The van der Waals surface area contributed by atoms with E-state index >= 15 is 0 Å². The van der Waals surface area contributed by atoms with E-state index in [0.717, 1.165) is 0 Å². The van der Waals surface area contributed by atoms with E-state index in [1.807, 2.05) is 0 Å². The van der Waals surface area contributed by atoms with E-state index in [1.165, 1.54) is 18.3 Å². The van der Waals surface area contributed by atoms with Gasteiger partial charge in [-0.05, 0) is 41.1 Å². The van der Waals surface area contributed by atoms with Crippen LogP contribution < -0.4 is 0 Å². The summed E-state index contributed by atoms with van der Waals surface area (Å²) in [6.45, 7) is 0. The van der Waals surface area contributed by atoms with E-state index in [0.29, 0.717) is 11.1 Å². The van der Waals surface area contributed by atoms with Crippen molar-refractivity contribution in [2.24, 2.45) is 0 Å². The van der Waals surface area contributed by atoms with Crippen LogP contribution in [0.1, 0.15) is 0 Å². The van der Waals surface area contributed by atoms with Gasteiger partial charge in [-0.15, -0.1) is 0 Å². The summed E-state index contributed by atoms with van der Waals surface area (Å²) >= 11 is 5.60. The average molecular weight is 290 g/mol. The number of hydrogen-bond acceptors (Lipinski definition) is 2. The second kappa shape index (κ2) is 5.20. The maximum Gasteiger partial charge on any atom is 0.446 e. The smallest absolute Gasteiger partial charge is 0.245 e. The van der Waals surface area contributed by atoms with Crippen molar-refractivity contribution in [2.75, 3.05) is 0 Å². The average Bonchev–Trinajstić information content (AvgIpc) is 2.27. The molecule has 0 N–H and O–H groups in total. The number of thioether (sulfide) groups is 1. The van der Waals surface area contributed by atoms with Crippen molar-refractivity contribution in [1.82, 2.24) is 4.98 Å². The first-order valence-electron chi connectivity index (χ1n) is 4.92. The van der Waals surface area contributed by atoms with E-state index < -0.39 is 5.51 Å². The first-order chi connectivity index (χ1) is 8.46. The number of rotatable bonds is 2. The van der Waals surface area contributed by atoms with E-state index in [4.69, 9.17) is 11.6 Å². The summed E-state index contributed by atoms with van der Waals surface area (Å²) in [7, 11) is 0. The van der Waals surface area contributed by atoms with Crippen LogP contribution in [-0.2, 0) is 0 Å². The molecule has 0 spiro atoms. The van der Waals surface area contributed by atoms with Crippen molar-refractivity contribution >= 4 is 23.4 Å². The lowest BCUT2D eigenvalue weighted by molar-refractivity contribution is -0.0327. The molecule has 0 radical (unpaired) electrons. The monoisotopic (exact) mass is 289 g/mol. The molecular formula is C12H7ClF3NS. The molecule has 0 saturated carbocycles. The molecule has 0 aliphatic rings. The van der Waals surface area contributed by atoms with Gasteiger partial charge >= 0.3 is 5.51 Å². The standard InChI is InChI=1S/C12H7ClF3NS/c13-11-7-8(5-6-17-11)9-3-1-2-4-10(9)18-12(14,15)16/h1-7H. The van der Waals surface area contributed by atoms with Crippen molar-refractivity contribution in [1.29, 1.82) is 0 Å². The lowest BCUT2D eigenvalue weighted by atomic mass is 10.1. The topological polar surface area (TPSA) is 12.9 Å². The SMILES string of the molecule is FC(F)(F)Sc1ccccc1-c1ccnc(Cl)c1. The van der Waals surface area contributed by atoms with E-state index in [-0.39, 0.29) is 21.8 Å². The fraction of sp³-hybridized carbons (Fsp3) is 0.0833. The number of nitrogens with zero attached hydrogens (tertiary/aromatic N) is 1. The molecule has 2 aromatic rings. The number of aromatic nitrogens is 1. The van der Waals surface area contributed by atoms with Gasteiger partial charge < -0.3 is 0 Å². The molecule has 6 heteroatoms. The van der Waals surface area contributed by atoms with Gasteiger partial charge in [0.1, 0.15) is 5.15 Å². The normalized spacial score (nSPS) is 11.6. The Balaban J connectivity index is 2.45. The van der Waals surface area contributed by atoms with Crippen LogP contribution >= 0.6 is 23.4 Å². The Kier molecular flexibility index (Phi) is 3.82. The number of hydrogen-bond donors (Lipinski definition) is 0. The maximum absolute atomic E-state index is 12.4. The molecule has 18 heavy (non-hydrogen) atoms. The van der Waals surface area contributed by atoms with Gasteiger partial charge in [0.05, 0.1) is 0 Å². The quantitative estimate of drug-likeness (QED) is 0.569. The maximum atomic E-state index is 12.4.